The highest BCUT2D eigenvalue weighted by atomic mass is 32.2. The van der Waals surface area contributed by atoms with Gasteiger partial charge in [0, 0.05) is 45.1 Å². The highest BCUT2D eigenvalue weighted by Crippen LogP contribution is 2.23. The number of aryl methyl sites for hydroxylation is 1. The van der Waals surface area contributed by atoms with Crippen molar-refractivity contribution in [3.8, 4) is 0 Å². The smallest absolute Gasteiger partial charge is 0.300 e. The predicted octanol–water partition coefficient (Wildman–Crippen LogP) is 2.68. The van der Waals surface area contributed by atoms with Crippen molar-refractivity contribution in [2.24, 2.45) is 5.73 Å². The van der Waals surface area contributed by atoms with Gasteiger partial charge >= 0.3 is 0 Å². The maximum atomic E-state index is 13.1. The first-order chi connectivity index (χ1) is 17.1. The molecule has 0 spiro atoms. The van der Waals surface area contributed by atoms with E-state index in [1.807, 2.05) is 48.5 Å². The van der Waals surface area contributed by atoms with Gasteiger partial charge in [-0.25, -0.2) is 8.42 Å². The molecule has 1 fully saturated rings. The van der Waals surface area contributed by atoms with Crippen LogP contribution >= 0.6 is 0 Å². The molecule has 9 nitrogen and oxygen atoms in total. The number of carboxylic acids is 1. The lowest BCUT2D eigenvalue weighted by atomic mass is 10.1. The third-order valence-electron chi connectivity index (χ3n) is 5.82. The lowest BCUT2D eigenvalue weighted by molar-refractivity contribution is -0.134. The number of amidine groups is 1. The van der Waals surface area contributed by atoms with Gasteiger partial charge in [0.2, 0.25) is 15.9 Å². The minimum atomic E-state index is -3.61. The van der Waals surface area contributed by atoms with Gasteiger partial charge < -0.3 is 15.7 Å². The molecule has 1 aliphatic heterocycles. The molecule has 4 N–H and O–H groups in total. The first-order valence-electron chi connectivity index (χ1n) is 11.5. The van der Waals surface area contributed by atoms with Crippen LogP contribution in [0, 0.1) is 5.41 Å². The monoisotopic (exact) mass is 510 g/mol. The average Bonchev–Trinajstić information content (AvgIpc) is 2.87. The molecule has 3 aromatic carbocycles. The molecule has 1 heterocycles. The van der Waals surface area contributed by atoms with Gasteiger partial charge in [0.05, 0.1) is 4.90 Å². The zero-order valence-electron chi connectivity index (χ0n) is 20.1. The molecular weight excluding hydrogens is 480 g/mol. The van der Waals surface area contributed by atoms with E-state index < -0.39 is 16.0 Å². The van der Waals surface area contributed by atoms with Crippen LogP contribution in [0.2, 0.25) is 0 Å². The van der Waals surface area contributed by atoms with Gasteiger partial charge in [-0.3, -0.25) is 15.0 Å². The van der Waals surface area contributed by atoms with Crippen molar-refractivity contribution >= 4 is 38.5 Å². The van der Waals surface area contributed by atoms with Crippen molar-refractivity contribution in [1.29, 1.82) is 5.41 Å². The van der Waals surface area contributed by atoms with Gasteiger partial charge in [0.25, 0.3) is 5.97 Å². The Bertz CT molecular complexity index is 1360. The number of amides is 1. The summed E-state index contributed by atoms with van der Waals surface area (Å²) in [6.07, 6.45) is 0.883. The van der Waals surface area contributed by atoms with Crippen LogP contribution in [0.15, 0.2) is 71.6 Å². The Hall–Kier alpha value is -3.76. The number of benzene rings is 3. The van der Waals surface area contributed by atoms with Crippen LogP contribution in [0.1, 0.15) is 24.5 Å². The predicted molar refractivity (Wildman–Crippen MR) is 138 cm³/mol. The molecule has 0 radical (unpaired) electrons. The maximum Gasteiger partial charge on any atom is 0.300 e. The Balaban J connectivity index is 0.000000840. The fraction of sp³-hybridized carbons (Fsp3) is 0.269. The zero-order chi connectivity index (χ0) is 26.3. The number of carbonyl (C=O) groups is 2. The summed E-state index contributed by atoms with van der Waals surface area (Å²) in [6, 6.07) is 20.2. The van der Waals surface area contributed by atoms with Crippen molar-refractivity contribution in [1.82, 2.24) is 9.21 Å². The second-order valence-electron chi connectivity index (χ2n) is 8.43. The molecule has 0 bridgehead atoms. The van der Waals surface area contributed by atoms with Crippen molar-refractivity contribution in [3.63, 3.8) is 0 Å². The Morgan fingerprint density at radius 1 is 0.944 bits per heavy atom. The van der Waals surface area contributed by atoms with Gasteiger partial charge in [-0.2, -0.15) is 4.31 Å². The highest BCUT2D eigenvalue weighted by molar-refractivity contribution is 7.89. The number of sulfonamides is 1. The van der Waals surface area contributed by atoms with Crippen LogP contribution < -0.4 is 5.73 Å². The summed E-state index contributed by atoms with van der Waals surface area (Å²) in [4.78, 5) is 23.7. The molecule has 190 valence electrons. The maximum absolute atomic E-state index is 13.1. The summed E-state index contributed by atoms with van der Waals surface area (Å²) in [5.41, 5.74) is 7.12. The van der Waals surface area contributed by atoms with Gasteiger partial charge in [-0.15, -0.1) is 0 Å². The summed E-state index contributed by atoms with van der Waals surface area (Å²) in [6.45, 7) is 2.39. The van der Waals surface area contributed by atoms with Crippen molar-refractivity contribution in [2.75, 3.05) is 26.2 Å². The van der Waals surface area contributed by atoms with Crippen LogP contribution in [0.5, 0.6) is 0 Å². The molecule has 4 rings (SSSR count). The third-order valence-corrected chi connectivity index (χ3v) is 7.71. The van der Waals surface area contributed by atoms with Crippen LogP contribution in [0.3, 0.4) is 0 Å². The average molecular weight is 511 g/mol. The number of rotatable bonds is 6. The molecule has 1 aliphatic rings. The van der Waals surface area contributed by atoms with Gasteiger partial charge in [-0.05, 0) is 41.0 Å². The number of piperazine rings is 1. The van der Waals surface area contributed by atoms with E-state index in [1.165, 1.54) is 4.31 Å². The Labute approximate surface area is 210 Å². The van der Waals surface area contributed by atoms with Crippen LogP contribution in [0.25, 0.3) is 10.8 Å². The van der Waals surface area contributed by atoms with Gasteiger partial charge in [0.15, 0.2) is 0 Å². The van der Waals surface area contributed by atoms with E-state index in [4.69, 9.17) is 21.0 Å². The fourth-order valence-electron chi connectivity index (χ4n) is 3.96. The molecule has 0 unspecified atom stereocenters. The summed E-state index contributed by atoms with van der Waals surface area (Å²) < 4.78 is 27.7. The first-order valence-corrected chi connectivity index (χ1v) is 12.9. The number of fused-ring (bicyclic) bond motifs is 1. The highest BCUT2D eigenvalue weighted by Gasteiger charge is 2.30. The Kier molecular flexibility index (Phi) is 8.78. The van der Waals surface area contributed by atoms with E-state index in [1.54, 1.807) is 23.1 Å². The minimum absolute atomic E-state index is 0.000908. The molecule has 0 aliphatic carbocycles. The number of nitrogen functional groups attached to an aromatic ring is 1. The molecular formula is C26H30N4O5S. The Morgan fingerprint density at radius 2 is 1.58 bits per heavy atom. The normalized spacial score (nSPS) is 14.1. The van der Waals surface area contributed by atoms with E-state index in [9.17, 15) is 13.2 Å². The van der Waals surface area contributed by atoms with E-state index >= 15 is 0 Å². The van der Waals surface area contributed by atoms with E-state index in [0.717, 1.165) is 23.3 Å². The minimum Gasteiger partial charge on any atom is -0.481 e. The molecule has 3 aromatic rings. The topological polar surface area (TPSA) is 145 Å². The lowest BCUT2D eigenvalue weighted by Gasteiger charge is -2.34. The molecule has 1 amide bonds. The van der Waals surface area contributed by atoms with Crippen LogP contribution in [-0.4, -0.2) is 66.6 Å². The number of nitrogens with one attached hydrogen (secondary N) is 1. The molecule has 1 saturated heterocycles. The largest absolute Gasteiger partial charge is 0.481 e. The number of carboxylic acid groups (broad SMARTS) is 1. The summed E-state index contributed by atoms with van der Waals surface area (Å²) >= 11 is 0. The van der Waals surface area contributed by atoms with Gasteiger partial charge in [0.1, 0.15) is 5.84 Å². The van der Waals surface area contributed by atoms with Crippen molar-refractivity contribution in [2.45, 2.75) is 24.7 Å². The first kappa shape index (κ1) is 26.8. The zero-order valence-corrected chi connectivity index (χ0v) is 20.9. The van der Waals surface area contributed by atoms with Crippen molar-refractivity contribution < 1.29 is 23.1 Å². The molecule has 36 heavy (non-hydrogen) atoms. The van der Waals surface area contributed by atoms with Crippen LogP contribution in [-0.2, 0) is 26.0 Å². The summed E-state index contributed by atoms with van der Waals surface area (Å²) in [5.74, 6) is -0.831. The van der Waals surface area contributed by atoms with Crippen LogP contribution in [0.4, 0.5) is 0 Å². The second-order valence-corrected chi connectivity index (χ2v) is 10.4. The summed E-state index contributed by atoms with van der Waals surface area (Å²) in [5, 5.41) is 16.8. The van der Waals surface area contributed by atoms with Gasteiger partial charge in [-0.1, -0.05) is 48.5 Å². The van der Waals surface area contributed by atoms with E-state index in [0.29, 0.717) is 31.5 Å². The number of nitrogens with zero attached hydrogens (tertiary/aromatic N) is 2. The number of aliphatic carboxylic acids is 1. The fourth-order valence-corrected chi connectivity index (χ4v) is 5.42. The molecule has 0 aromatic heterocycles. The number of hydrogen-bond donors (Lipinski definition) is 3. The van der Waals surface area contributed by atoms with E-state index in [2.05, 4.69) is 0 Å². The lowest BCUT2D eigenvalue weighted by Crippen LogP contribution is -2.50. The quantitative estimate of drug-likeness (QED) is 0.343. The van der Waals surface area contributed by atoms with Crippen molar-refractivity contribution in [3.05, 3.63) is 77.9 Å². The second kappa shape index (κ2) is 11.8. The standard InChI is InChI=1S/C24H26N4O3S.C2H4O2/c25-24(26)21-7-3-4-18(16-21)8-11-23(29)27-12-14-28(15-13-27)32(30,31)22-10-9-19-5-1-2-6-20(19)17-22;1-2(3)4/h1-7,9-10,16-17H,8,11-15H2,(H3,25,26);1H3,(H,3,4). The Morgan fingerprint density at radius 3 is 2.22 bits per heavy atom. The van der Waals surface area contributed by atoms with E-state index in [-0.39, 0.29) is 29.7 Å². The number of carbonyl (C=O) groups excluding carboxylic acids is 1. The molecule has 10 heteroatoms. The SMILES string of the molecule is CC(=O)O.N=C(N)c1cccc(CCC(=O)N2CCN(S(=O)(=O)c3ccc4ccccc4c3)CC2)c1. The molecule has 0 saturated carbocycles. The number of nitrogens with two attached hydrogens (primary N) is 1. The molecule has 0 atom stereocenters. The third kappa shape index (κ3) is 6.89. The number of hydrogen-bond acceptors (Lipinski definition) is 5. The summed E-state index contributed by atoms with van der Waals surface area (Å²) in [7, 11) is -3.61.